The zero-order chi connectivity index (χ0) is 40.3. The zero-order valence-electron chi connectivity index (χ0n) is 36.3. The molecule has 0 fully saturated rings. The molecule has 2 atom stereocenters. The van der Waals surface area contributed by atoms with Crippen molar-refractivity contribution in [3.8, 4) is 0 Å². The number of hydrogen-bond donors (Lipinski definition) is 3. The first-order valence-electron chi connectivity index (χ1n) is 23.7. The fourth-order valence-corrected chi connectivity index (χ4v) is 7.98. The van der Waals surface area contributed by atoms with Gasteiger partial charge in [-0.05, 0) is 44.9 Å². The molecule has 0 aromatic rings. The van der Waals surface area contributed by atoms with Crippen molar-refractivity contribution in [3.05, 3.63) is 36.5 Å². The Hall–Kier alpha value is -1.44. The number of unbranched alkanes of at least 4 members (excludes halogenated alkanes) is 31. The highest BCUT2D eigenvalue weighted by atomic mass is 32.2. The predicted octanol–water partition coefficient (Wildman–Crippen LogP) is 14.5. The van der Waals surface area contributed by atoms with Crippen LogP contribution in [0.3, 0.4) is 0 Å². The summed E-state index contributed by atoms with van der Waals surface area (Å²) < 4.78 is 32.6. The second-order valence-electron chi connectivity index (χ2n) is 16.4. The van der Waals surface area contributed by atoms with E-state index in [1.54, 1.807) is 6.08 Å². The number of aliphatic hydroxyl groups excluding tert-OH is 1. The van der Waals surface area contributed by atoms with Gasteiger partial charge >= 0.3 is 0 Å². The summed E-state index contributed by atoms with van der Waals surface area (Å²) >= 11 is 0. The Balaban J connectivity index is 3.84. The lowest BCUT2D eigenvalue weighted by Gasteiger charge is -2.21. The van der Waals surface area contributed by atoms with Crippen LogP contribution in [0.4, 0.5) is 0 Å². The number of aliphatic hydroxyl groups is 1. The van der Waals surface area contributed by atoms with Gasteiger partial charge < -0.3 is 10.4 Å². The van der Waals surface area contributed by atoms with Gasteiger partial charge in [0.1, 0.15) is 0 Å². The molecule has 0 aliphatic heterocycles. The minimum atomic E-state index is -4.36. The van der Waals surface area contributed by atoms with Crippen LogP contribution in [0.15, 0.2) is 36.5 Å². The SMILES string of the molecule is CCCCCCCCC/C=C/CC/C=C/CC/C=C/C(O)C(CS(=O)(=O)O)NC(=O)CCCCCCCCCCCCCCCCCCCCCCCCC. The molecule has 0 aromatic carbocycles. The van der Waals surface area contributed by atoms with E-state index in [0.717, 1.165) is 38.5 Å². The van der Waals surface area contributed by atoms with Gasteiger partial charge in [-0.1, -0.05) is 230 Å². The topological polar surface area (TPSA) is 104 Å². The molecule has 2 unspecified atom stereocenters. The lowest BCUT2D eigenvalue weighted by atomic mass is 10.0. The third-order valence-corrected chi connectivity index (χ3v) is 11.6. The summed E-state index contributed by atoms with van der Waals surface area (Å²) in [6.45, 7) is 4.54. The first-order valence-corrected chi connectivity index (χ1v) is 25.3. The van der Waals surface area contributed by atoms with Crippen molar-refractivity contribution in [3.63, 3.8) is 0 Å². The second kappa shape index (κ2) is 42.2. The molecule has 0 saturated heterocycles. The number of carbonyl (C=O) groups is 1. The van der Waals surface area contributed by atoms with Crippen molar-refractivity contribution in [1.82, 2.24) is 5.32 Å². The molecule has 0 radical (unpaired) electrons. The molecule has 0 aromatic heterocycles. The monoisotopic (exact) mass is 794 g/mol. The minimum absolute atomic E-state index is 0.288. The van der Waals surface area contributed by atoms with Gasteiger partial charge in [-0.3, -0.25) is 9.35 Å². The Labute approximate surface area is 342 Å². The highest BCUT2D eigenvalue weighted by Crippen LogP contribution is 2.16. The molecule has 0 saturated carbocycles. The van der Waals surface area contributed by atoms with E-state index in [0.29, 0.717) is 6.42 Å². The molecule has 55 heavy (non-hydrogen) atoms. The molecule has 324 valence electrons. The third-order valence-electron chi connectivity index (χ3n) is 10.8. The summed E-state index contributed by atoms with van der Waals surface area (Å²) in [7, 11) is -4.36. The molecule has 3 N–H and O–H groups in total. The fraction of sp³-hybridized carbons (Fsp3) is 0.854. The maximum Gasteiger partial charge on any atom is 0.267 e. The standard InChI is InChI=1S/C48H91NO5S/c1-3-5-7-9-11-13-15-17-19-21-22-23-24-25-26-28-30-32-34-36-38-40-42-44-48(51)49-46(45-55(52,53)54)47(50)43-41-39-37-35-33-31-29-27-20-18-16-14-12-10-8-6-4-2/h20,27,33,35,41,43,46-47,50H,3-19,21-26,28-32,34,36-40,42,44-45H2,1-2H3,(H,49,51)(H,52,53,54)/b27-20+,35-33+,43-41+. The molecule has 0 aliphatic rings. The highest BCUT2D eigenvalue weighted by Gasteiger charge is 2.24. The molecule has 0 bridgehead atoms. The van der Waals surface area contributed by atoms with Crippen molar-refractivity contribution >= 4 is 16.0 Å². The van der Waals surface area contributed by atoms with Gasteiger partial charge in [-0.25, -0.2) is 0 Å². The van der Waals surface area contributed by atoms with E-state index in [4.69, 9.17) is 0 Å². The third kappa shape index (κ3) is 43.5. The molecular weight excluding hydrogens is 703 g/mol. The summed E-state index contributed by atoms with van der Waals surface area (Å²) in [5.74, 6) is -1.00. The van der Waals surface area contributed by atoms with Crippen LogP contribution in [-0.2, 0) is 14.9 Å². The maximum atomic E-state index is 12.6. The Morgan fingerprint density at radius 3 is 1.15 bits per heavy atom. The lowest BCUT2D eigenvalue weighted by molar-refractivity contribution is -0.122. The van der Waals surface area contributed by atoms with Gasteiger partial charge in [0.15, 0.2) is 0 Å². The van der Waals surface area contributed by atoms with Crippen LogP contribution in [0.5, 0.6) is 0 Å². The largest absolute Gasteiger partial charge is 0.387 e. The maximum absolute atomic E-state index is 12.6. The lowest BCUT2D eigenvalue weighted by Crippen LogP contribution is -2.46. The fourth-order valence-electron chi connectivity index (χ4n) is 7.25. The van der Waals surface area contributed by atoms with Crippen molar-refractivity contribution in [2.75, 3.05) is 5.75 Å². The van der Waals surface area contributed by atoms with Gasteiger partial charge in [0, 0.05) is 6.42 Å². The van der Waals surface area contributed by atoms with Crippen LogP contribution in [-0.4, -0.2) is 41.9 Å². The predicted molar refractivity (Wildman–Crippen MR) is 239 cm³/mol. The van der Waals surface area contributed by atoms with Gasteiger partial charge in [-0.2, -0.15) is 8.42 Å². The van der Waals surface area contributed by atoms with Gasteiger partial charge in [-0.15, -0.1) is 0 Å². The average Bonchev–Trinajstić information content (AvgIpc) is 3.15. The summed E-state index contributed by atoms with van der Waals surface area (Å²) in [5, 5.41) is 13.2. The Kier molecular flexibility index (Phi) is 41.1. The number of rotatable bonds is 43. The molecule has 0 rings (SSSR count). The van der Waals surface area contributed by atoms with Crippen LogP contribution in [0, 0.1) is 0 Å². The molecule has 1 amide bonds. The minimum Gasteiger partial charge on any atom is -0.387 e. The van der Waals surface area contributed by atoms with Gasteiger partial charge in [0.25, 0.3) is 10.1 Å². The van der Waals surface area contributed by atoms with Crippen molar-refractivity contribution in [2.24, 2.45) is 0 Å². The van der Waals surface area contributed by atoms with Crippen LogP contribution in [0.25, 0.3) is 0 Å². The van der Waals surface area contributed by atoms with Crippen LogP contribution < -0.4 is 5.32 Å². The zero-order valence-corrected chi connectivity index (χ0v) is 37.1. The van der Waals surface area contributed by atoms with Crippen LogP contribution >= 0.6 is 0 Å². The molecule has 0 spiro atoms. The Bertz CT molecular complexity index is 1010. The summed E-state index contributed by atoms with van der Waals surface area (Å²) in [6, 6.07) is -1.08. The molecule has 7 heteroatoms. The smallest absolute Gasteiger partial charge is 0.267 e. The first-order chi connectivity index (χ1) is 26.8. The highest BCUT2D eigenvalue weighted by molar-refractivity contribution is 7.85. The number of allylic oxidation sites excluding steroid dienone is 5. The number of hydrogen-bond acceptors (Lipinski definition) is 4. The average molecular weight is 794 g/mol. The van der Waals surface area contributed by atoms with E-state index in [9.17, 15) is 22.9 Å². The summed E-state index contributed by atoms with van der Waals surface area (Å²) in [5.41, 5.74) is 0. The quantitative estimate of drug-likeness (QED) is 0.0324. The molecular formula is C48H91NO5S. The van der Waals surface area contributed by atoms with Crippen LogP contribution in [0.1, 0.15) is 245 Å². The van der Waals surface area contributed by atoms with Crippen LogP contribution in [0.2, 0.25) is 0 Å². The van der Waals surface area contributed by atoms with E-state index >= 15 is 0 Å². The molecule has 6 nitrogen and oxygen atoms in total. The number of carbonyl (C=O) groups excluding carboxylic acids is 1. The van der Waals surface area contributed by atoms with E-state index in [1.807, 2.05) is 0 Å². The second-order valence-corrected chi connectivity index (χ2v) is 17.9. The van der Waals surface area contributed by atoms with Gasteiger partial charge in [0.05, 0.1) is 17.9 Å². The first kappa shape index (κ1) is 53.6. The summed E-state index contributed by atoms with van der Waals surface area (Å²) in [4.78, 5) is 12.6. The van der Waals surface area contributed by atoms with Crippen molar-refractivity contribution in [2.45, 2.75) is 257 Å². The van der Waals surface area contributed by atoms with Crippen molar-refractivity contribution in [1.29, 1.82) is 0 Å². The summed E-state index contributed by atoms with van der Waals surface area (Å²) in [6.07, 6.45) is 55.8. The Morgan fingerprint density at radius 1 is 0.473 bits per heavy atom. The van der Waals surface area contributed by atoms with E-state index < -0.39 is 28.0 Å². The van der Waals surface area contributed by atoms with Crippen molar-refractivity contribution < 1.29 is 22.9 Å². The Morgan fingerprint density at radius 2 is 0.782 bits per heavy atom. The normalized spacial score (nSPS) is 13.5. The number of amides is 1. The van der Waals surface area contributed by atoms with E-state index in [-0.39, 0.29) is 12.3 Å². The molecule has 0 heterocycles. The number of nitrogens with one attached hydrogen (secondary N) is 1. The van der Waals surface area contributed by atoms with Gasteiger partial charge in [0.2, 0.25) is 5.91 Å². The van der Waals surface area contributed by atoms with E-state index in [2.05, 4.69) is 43.5 Å². The molecule has 0 aliphatic carbocycles. The van der Waals surface area contributed by atoms with E-state index in [1.165, 1.54) is 186 Å².